The lowest BCUT2D eigenvalue weighted by molar-refractivity contribution is -0.138. The Morgan fingerprint density at radius 1 is 0.971 bits per heavy atom. The average molecular weight is 464 g/mol. The van der Waals surface area contributed by atoms with E-state index >= 15 is 0 Å². The Kier molecular flexibility index (Phi) is 6.44. The van der Waals surface area contributed by atoms with Gasteiger partial charge >= 0.3 is 0 Å². The smallest absolute Gasteiger partial charge is 0.289 e. The van der Waals surface area contributed by atoms with Crippen molar-refractivity contribution in [1.82, 2.24) is 24.8 Å². The highest BCUT2D eigenvalue weighted by Crippen LogP contribution is 2.23. The zero-order valence-corrected chi connectivity index (χ0v) is 19.4. The third-order valence-corrected chi connectivity index (χ3v) is 6.68. The molecule has 2 amide bonds. The van der Waals surface area contributed by atoms with Gasteiger partial charge in [0.25, 0.3) is 5.91 Å². The lowest BCUT2D eigenvalue weighted by atomic mass is 9.94. The summed E-state index contributed by atoms with van der Waals surface area (Å²) >= 11 is 0. The van der Waals surface area contributed by atoms with Crippen molar-refractivity contribution >= 4 is 11.8 Å². The minimum atomic E-state index is -0.101. The molecule has 178 valence electrons. The Bertz CT molecular complexity index is 1110. The molecule has 0 atom stereocenters. The van der Waals surface area contributed by atoms with Crippen LogP contribution in [0.2, 0.25) is 0 Å². The van der Waals surface area contributed by atoms with E-state index < -0.39 is 0 Å². The van der Waals surface area contributed by atoms with Crippen LogP contribution in [0.3, 0.4) is 0 Å². The number of aromatic nitrogens is 2. The second-order valence-electron chi connectivity index (χ2n) is 9.02. The Balaban J connectivity index is 1.08. The first-order valence-electron chi connectivity index (χ1n) is 11.8. The fraction of sp³-hybridized carbons (Fsp3) is 0.440. The second kappa shape index (κ2) is 9.80. The van der Waals surface area contributed by atoms with Crippen molar-refractivity contribution in [2.75, 3.05) is 39.3 Å². The first-order chi connectivity index (χ1) is 16.6. The van der Waals surface area contributed by atoms with Crippen molar-refractivity contribution in [1.29, 1.82) is 0 Å². The number of aryl methyl sites for hydroxylation is 1. The van der Waals surface area contributed by atoms with Crippen LogP contribution in [0.25, 0.3) is 11.4 Å². The first-order valence-corrected chi connectivity index (χ1v) is 11.8. The molecule has 0 bridgehead atoms. The summed E-state index contributed by atoms with van der Waals surface area (Å²) in [6.07, 6.45) is 2.88. The summed E-state index contributed by atoms with van der Waals surface area (Å²) in [5.41, 5.74) is 2.13. The highest BCUT2D eigenvalue weighted by atomic mass is 16.5. The van der Waals surface area contributed by atoms with Gasteiger partial charge in [-0.05, 0) is 31.9 Å². The monoisotopic (exact) mass is 463 g/mol. The predicted molar refractivity (Wildman–Crippen MR) is 124 cm³/mol. The third-order valence-electron chi connectivity index (χ3n) is 6.68. The van der Waals surface area contributed by atoms with Crippen molar-refractivity contribution in [3.63, 3.8) is 0 Å². The van der Waals surface area contributed by atoms with Crippen LogP contribution in [-0.2, 0) is 11.3 Å². The van der Waals surface area contributed by atoms with Gasteiger partial charge in [-0.2, -0.15) is 4.98 Å². The molecule has 2 fully saturated rings. The molecule has 4 heterocycles. The van der Waals surface area contributed by atoms with Gasteiger partial charge in [-0.3, -0.25) is 14.5 Å². The Morgan fingerprint density at radius 3 is 2.38 bits per heavy atom. The molecule has 2 saturated heterocycles. The summed E-state index contributed by atoms with van der Waals surface area (Å²) in [6, 6.07) is 11.4. The van der Waals surface area contributed by atoms with Crippen LogP contribution in [0.1, 0.15) is 34.9 Å². The van der Waals surface area contributed by atoms with E-state index in [0.29, 0.717) is 63.0 Å². The van der Waals surface area contributed by atoms with E-state index in [2.05, 4.69) is 15.0 Å². The molecule has 2 aliphatic heterocycles. The predicted octanol–water partition coefficient (Wildman–Crippen LogP) is 2.83. The van der Waals surface area contributed by atoms with Crippen LogP contribution in [0.5, 0.6) is 0 Å². The number of nitrogens with zero attached hydrogens (tertiary/aromatic N) is 5. The maximum Gasteiger partial charge on any atom is 0.289 e. The molecule has 2 aliphatic rings. The molecule has 3 aromatic rings. The summed E-state index contributed by atoms with van der Waals surface area (Å²) in [6.45, 7) is 6.68. The highest BCUT2D eigenvalue weighted by Gasteiger charge is 2.32. The summed E-state index contributed by atoms with van der Waals surface area (Å²) in [7, 11) is 0. The molecule has 0 unspecified atom stereocenters. The molecule has 9 heteroatoms. The summed E-state index contributed by atoms with van der Waals surface area (Å²) < 4.78 is 10.7. The average Bonchev–Trinajstić information content (AvgIpc) is 3.57. The lowest BCUT2D eigenvalue weighted by Crippen LogP contribution is -2.51. The van der Waals surface area contributed by atoms with Crippen LogP contribution in [0.4, 0.5) is 0 Å². The summed E-state index contributed by atoms with van der Waals surface area (Å²) in [4.78, 5) is 36.0. The van der Waals surface area contributed by atoms with E-state index in [0.717, 1.165) is 18.7 Å². The van der Waals surface area contributed by atoms with Crippen LogP contribution in [-0.4, -0.2) is 75.9 Å². The van der Waals surface area contributed by atoms with Crippen molar-refractivity contribution in [3.8, 4) is 11.4 Å². The fourth-order valence-corrected chi connectivity index (χ4v) is 4.60. The molecule has 1 aromatic carbocycles. The van der Waals surface area contributed by atoms with E-state index in [1.807, 2.05) is 36.1 Å². The van der Waals surface area contributed by atoms with Crippen molar-refractivity contribution in [3.05, 3.63) is 59.9 Å². The van der Waals surface area contributed by atoms with Crippen LogP contribution < -0.4 is 0 Å². The number of piperazine rings is 1. The zero-order chi connectivity index (χ0) is 23.5. The zero-order valence-electron chi connectivity index (χ0n) is 19.4. The molecule has 0 spiro atoms. The van der Waals surface area contributed by atoms with Gasteiger partial charge in [0.05, 0.1) is 12.8 Å². The SMILES string of the molecule is Cc1ccc(-c2noc(CN3CCN(C(=O)C4CCN(C(=O)c5ccco5)CC4)CC3)n2)cc1. The topological polar surface area (TPSA) is 95.9 Å². The Hall–Kier alpha value is -3.46. The highest BCUT2D eigenvalue weighted by molar-refractivity contribution is 5.91. The number of carbonyl (C=O) groups is 2. The van der Waals surface area contributed by atoms with Gasteiger partial charge in [-0.15, -0.1) is 0 Å². The lowest BCUT2D eigenvalue weighted by Gasteiger charge is -2.38. The minimum absolute atomic E-state index is 0.0276. The number of amides is 2. The number of hydrogen-bond donors (Lipinski definition) is 0. The van der Waals surface area contributed by atoms with E-state index in [4.69, 9.17) is 8.94 Å². The van der Waals surface area contributed by atoms with Crippen LogP contribution in [0, 0.1) is 12.8 Å². The number of likely N-dealkylation sites (tertiary alicyclic amines) is 1. The van der Waals surface area contributed by atoms with E-state index in [1.165, 1.54) is 11.8 Å². The molecule has 0 radical (unpaired) electrons. The van der Waals surface area contributed by atoms with Crippen molar-refractivity contribution in [2.24, 2.45) is 5.92 Å². The number of carbonyl (C=O) groups excluding carboxylic acids is 2. The maximum atomic E-state index is 13.1. The fourth-order valence-electron chi connectivity index (χ4n) is 4.60. The second-order valence-corrected chi connectivity index (χ2v) is 9.02. The first kappa shape index (κ1) is 22.3. The molecule has 5 rings (SSSR count). The molecule has 0 aliphatic carbocycles. The quantitative estimate of drug-likeness (QED) is 0.574. The number of piperidine rings is 1. The molecule has 2 aromatic heterocycles. The van der Waals surface area contributed by atoms with E-state index in [9.17, 15) is 9.59 Å². The minimum Gasteiger partial charge on any atom is -0.459 e. The number of benzene rings is 1. The van der Waals surface area contributed by atoms with E-state index in [-0.39, 0.29) is 17.7 Å². The Morgan fingerprint density at radius 2 is 1.71 bits per heavy atom. The molecule has 34 heavy (non-hydrogen) atoms. The molecule has 0 saturated carbocycles. The van der Waals surface area contributed by atoms with Gasteiger partial charge in [-0.1, -0.05) is 35.0 Å². The van der Waals surface area contributed by atoms with Crippen LogP contribution in [0.15, 0.2) is 51.6 Å². The van der Waals surface area contributed by atoms with Gasteiger partial charge in [-0.25, -0.2) is 0 Å². The van der Waals surface area contributed by atoms with Crippen molar-refractivity contribution in [2.45, 2.75) is 26.3 Å². The number of hydrogen-bond acceptors (Lipinski definition) is 7. The number of rotatable bonds is 5. The largest absolute Gasteiger partial charge is 0.459 e. The normalized spacial score (nSPS) is 17.8. The summed E-state index contributed by atoms with van der Waals surface area (Å²) in [5, 5.41) is 4.11. The molecular formula is C25H29N5O4. The van der Waals surface area contributed by atoms with E-state index in [1.54, 1.807) is 17.0 Å². The standard InChI is InChI=1S/C25H29N5O4/c1-18-4-6-19(7-5-18)23-26-22(34-27-23)17-28-12-14-30(15-13-28)24(31)20-8-10-29(11-9-20)25(32)21-3-2-16-33-21/h2-7,16,20H,8-15,17H2,1H3. The van der Waals surface area contributed by atoms with Gasteiger partial charge in [0.15, 0.2) is 5.76 Å². The van der Waals surface area contributed by atoms with Gasteiger partial charge in [0.1, 0.15) is 0 Å². The molecule has 9 nitrogen and oxygen atoms in total. The van der Waals surface area contributed by atoms with Gasteiger partial charge in [0, 0.05) is 50.7 Å². The maximum absolute atomic E-state index is 13.1. The summed E-state index contributed by atoms with van der Waals surface area (Å²) in [5.74, 6) is 1.61. The number of furan rings is 1. The Labute approximate surface area is 198 Å². The van der Waals surface area contributed by atoms with Gasteiger partial charge < -0.3 is 18.7 Å². The van der Waals surface area contributed by atoms with Crippen LogP contribution >= 0.6 is 0 Å². The van der Waals surface area contributed by atoms with Gasteiger partial charge in [0.2, 0.25) is 17.6 Å². The third kappa shape index (κ3) is 4.89. The molecule has 0 N–H and O–H groups in total. The molecular weight excluding hydrogens is 434 g/mol. The van der Waals surface area contributed by atoms with Crippen molar-refractivity contribution < 1.29 is 18.5 Å².